The average molecular weight is 643 g/mol. The van der Waals surface area contributed by atoms with E-state index in [1.165, 1.54) is 0 Å². The maximum absolute atomic E-state index is 12.6. The summed E-state index contributed by atoms with van der Waals surface area (Å²) in [5, 5.41) is 0. The topological polar surface area (TPSA) is 122 Å². The summed E-state index contributed by atoms with van der Waals surface area (Å²) in [5.41, 5.74) is 4.89. The first-order valence-electron chi connectivity index (χ1n) is 15.7. The zero-order valence-electron chi connectivity index (χ0n) is 25.7. The Labute approximate surface area is 276 Å². The lowest BCUT2D eigenvalue weighted by Gasteiger charge is -2.33. The molecule has 2 saturated heterocycles. The molecule has 2 heterocycles. The lowest BCUT2D eigenvalue weighted by atomic mass is 9.67. The van der Waals surface area contributed by atoms with E-state index in [1.807, 2.05) is 66.7 Å². The number of allylic oxidation sites excluding steroid dienone is 1. The van der Waals surface area contributed by atoms with Gasteiger partial charge in [-0.15, -0.1) is 0 Å². The highest BCUT2D eigenvalue weighted by atomic mass is 16.6. The van der Waals surface area contributed by atoms with E-state index >= 15 is 0 Å². The molecule has 1 aliphatic carbocycles. The highest BCUT2D eigenvalue weighted by molar-refractivity contribution is 6.06. The predicted octanol–water partition coefficient (Wildman–Crippen LogP) is 6.07. The molecule has 4 atom stereocenters. The largest absolute Gasteiger partial charge is 0.490 e. The molecule has 9 heteroatoms. The molecule has 0 aromatic heterocycles. The van der Waals surface area contributed by atoms with Gasteiger partial charge in [-0.2, -0.15) is 0 Å². The summed E-state index contributed by atoms with van der Waals surface area (Å²) >= 11 is 0. The molecule has 2 fully saturated rings. The number of hydrogen-bond donors (Lipinski definition) is 0. The second-order valence-corrected chi connectivity index (χ2v) is 12.0. The van der Waals surface area contributed by atoms with Crippen LogP contribution in [0.3, 0.4) is 0 Å². The molecule has 240 valence electrons. The SMILES string of the molecule is O=C1CC(C2CC3C(=O)OC(=O)C3c3cc(OCCOc4ccc(-c5ccc(/C=C/C(=O)c6ccccc6)cc5)cc4)ccc32)C(=O)O1. The van der Waals surface area contributed by atoms with Crippen molar-refractivity contribution in [2.45, 2.75) is 24.7 Å². The maximum atomic E-state index is 12.6. The van der Waals surface area contributed by atoms with Crippen molar-refractivity contribution in [1.82, 2.24) is 0 Å². The van der Waals surface area contributed by atoms with Crippen molar-refractivity contribution in [3.05, 3.63) is 125 Å². The van der Waals surface area contributed by atoms with Crippen molar-refractivity contribution in [3.63, 3.8) is 0 Å². The van der Waals surface area contributed by atoms with E-state index < -0.39 is 47.5 Å². The van der Waals surface area contributed by atoms with Crippen molar-refractivity contribution >= 4 is 35.7 Å². The monoisotopic (exact) mass is 642 g/mol. The number of rotatable bonds is 10. The number of hydrogen-bond acceptors (Lipinski definition) is 9. The molecule has 0 N–H and O–H groups in total. The van der Waals surface area contributed by atoms with Gasteiger partial charge in [-0.05, 0) is 70.5 Å². The smallest absolute Gasteiger partial charge is 0.321 e. The number of carbonyl (C=O) groups excluding carboxylic acids is 5. The van der Waals surface area contributed by atoms with Gasteiger partial charge >= 0.3 is 23.9 Å². The molecule has 3 aliphatic rings. The van der Waals surface area contributed by atoms with Crippen LogP contribution < -0.4 is 9.47 Å². The van der Waals surface area contributed by atoms with Crippen molar-refractivity contribution in [1.29, 1.82) is 0 Å². The second kappa shape index (κ2) is 13.1. The maximum Gasteiger partial charge on any atom is 0.321 e. The van der Waals surface area contributed by atoms with Crippen LogP contribution in [-0.2, 0) is 28.7 Å². The van der Waals surface area contributed by atoms with Crippen LogP contribution in [0.5, 0.6) is 11.5 Å². The zero-order valence-corrected chi connectivity index (χ0v) is 25.7. The van der Waals surface area contributed by atoms with Crippen molar-refractivity contribution < 1.29 is 42.9 Å². The highest BCUT2D eigenvalue weighted by Gasteiger charge is 2.53. The number of esters is 4. The van der Waals surface area contributed by atoms with Gasteiger partial charge in [0, 0.05) is 5.56 Å². The van der Waals surface area contributed by atoms with Gasteiger partial charge in [-0.3, -0.25) is 24.0 Å². The van der Waals surface area contributed by atoms with E-state index in [2.05, 4.69) is 0 Å². The van der Waals surface area contributed by atoms with Crippen LogP contribution in [0, 0.1) is 11.8 Å². The molecule has 0 amide bonds. The number of cyclic esters (lactones) is 4. The Morgan fingerprint density at radius 2 is 1.31 bits per heavy atom. The van der Waals surface area contributed by atoms with E-state index in [1.54, 1.807) is 42.5 Å². The number of ether oxygens (including phenoxy) is 4. The molecule has 4 aromatic rings. The molecule has 7 rings (SSSR count). The predicted molar refractivity (Wildman–Crippen MR) is 173 cm³/mol. The third-order valence-corrected chi connectivity index (χ3v) is 9.05. The van der Waals surface area contributed by atoms with E-state index in [0.29, 0.717) is 28.2 Å². The number of benzene rings is 4. The van der Waals surface area contributed by atoms with Gasteiger partial charge in [0.2, 0.25) is 0 Å². The summed E-state index contributed by atoms with van der Waals surface area (Å²) in [6.45, 7) is 0.469. The van der Waals surface area contributed by atoms with E-state index in [9.17, 15) is 24.0 Å². The van der Waals surface area contributed by atoms with Gasteiger partial charge in [0.1, 0.15) is 24.7 Å². The minimum Gasteiger partial charge on any atom is -0.490 e. The highest BCUT2D eigenvalue weighted by Crippen LogP contribution is 2.51. The van der Waals surface area contributed by atoms with Crippen molar-refractivity contribution in [2.24, 2.45) is 11.8 Å². The number of ketones is 1. The van der Waals surface area contributed by atoms with Gasteiger partial charge in [-0.25, -0.2) is 0 Å². The van der Waals surface area contributed by atoms with Crippen LogP contribution in [-0.4, -0.2) is 42.9 Å². The summed E-state index contributed by atoms with van der Waals surface area (Å²) in [4.78, 5) is 61.6. The molecule has 48 heavy (non-hydrogen) atoms. The second-order valence-electron chi connectivity index (χ2n) is 12.0. The van der Waals surface area contributed by atoms with Crippen molar-refractivity contribution in [3.8, 4) is 22.6 Å². The Kier molecular flexibility index (Phi) is 8.42. The molecule has 4 aromatic carbocycles. The Hall–Kier alpha value is -5.83. The van der Waals surface area contributed by atoms with Gasteiger partial charge in [0.15, 0.2) is 5.78 Å². The summed E-state index contributed by atoms with van der Waals surface area (Å²) in [6.07, 6.45) is 3.53. The number of fused-ring (bicyclic) bond motifs is 3. The molecular formula is C39H30O9. The summed E-state index contributed by atoms with van der Waals surface area (Å²) < 4.78 is 21.5. The molecule has 4 unspecified atom stereocenters. The molecular weight excluding hydrogens is 612 g/mol. The molecule has 9 nitrogen and oxygen atoms in total. The third-order valence-electron chi connectivity index (χ3n) is 9.05. The van der Waals surface area contributed by atoms with Crippen LogP contribution in [0.15, 0.2) is 103 Å². The van der Waals surface area contributed by atoms with Crippen molar-refractivity contribution in [2.75, 3.05) is 13.2 Å². The van der Waals surface area contributed by atoms with Crippen LogP contribution in [0.25, 0.3) is 17.2 Å². The van der Waals surface area contributed by atoms with Gasteiger partial charge in [0.25, 0.3) is 0 Å². The van der Waals surface area contributed by atoms with Crippen LogP contribution in [0.4, 0.5) is 0 Å². The van der Waals surface area contributed by atoms with Crippen LogP contribution in [0.1, 0.15) is 51.7 Å². The average Bonchev–Trinajstić information content (AvgIpc) is 3.60. The third kappa shape index (κ3) is 6.27. The lowest BCUT2D eigenvalue weighted by Crippen LogP contribution is -2.31. The van der Waals surface area contributed by atoms with Gasteiger partial charge in [0.05, 0.1) is 24.2 Å². The fourth-order valence-electron chi connectivity index (χ4n) is 6.66. The summed E-state index contributed by atoms with van der Waals surface area (Å²) in [6, 6.07) is 30.0. The Balaban J connectivity index is 0.951. The summed E-state index contributed by atoms with van der Waals surface area (Å²) in [7, 11) is 0. The van der Waals surface area contributed by atoms with E-state index in [0.717, 1.165) is 16.7 Å². The molecule has 0 radical (unpaired) electrons. The summed E-state index contributed by atoms with van der Waals surface area (Å²) in [5.74, 6) is -4.03. The molecule has 2 aliphatic heterocycles. The zero-order chi connectivity index (χ0) is 33.2. The molecule has 0 saturated carbocycles. The van der Waals surface area contributed by atoms with E-state index in [-0.39, 0.29) is 31.8 Å². The first kappa shape index (κ1) is 30.8. The first-order valence-corrected chi connectivity index (χ1v) is 15.7. The Morgan fingerprint density at radius 3 is 2.00 bits per heavy atom. The Morgan fingerprint density at radius 1 is 0.667 bits per heavy atom. The standard InChI is InChI=1S/C39H30O9/c40-34(26-4-2-1-3-5-26)17-8-23-6-9-24(10-7-23)25-11-13-27(14-12-25)45-18-19-46-28-15-16-29-30(32-22-35(41)47-37(32)42)21-33-36(31(29)20-28)39(44)48-38(33)43/h1-17,20,30,32-33,36H,18-19,21-22H2/b17-8+. The molecule has 0 bridgehead atoms. The first-order chi connectivity index (χ1) is 23.3. The minimum absolute atomic E-state index is 0.0446. The fraction of sp³-hybridized carbons (Fsp3) is 0.205. The van der Waals surface area contributed by atoms with Gasteiger partial charge in [-0.1, -0.05) is 78.9 Å². The Bertz CT molecular complexity index is 1930. The molecule has 0 spiro atoms. The lowest BCUT2D eigenvalue weighted by molar-refractivity contribution is -0.155. The van der Waals surface area contributed by atoms with Gasteiger partial charge < -0.3 is 18.9 Å². The quantitative estimate of drug-likeness (QED) is 0.0667. The minimum atomic E-state index is -0.785. The normalized spacial score (nSPS) is 21.4. The van der Waals surface area contributed by atoms with E-state index in [4.69, 9.17) is 18.9 Å². The van der Waals surface area contributed by atoms with Crippen LogP contribution in [0.2, 0.25) is 0 Å². The fourth-order valence-corrected chi connectivity index (χ4v) is 6.66. The van der Waals surface area contributed by atoms with Crippen LogP contribution >= 0.6 is 0 Å². The number of carbonyl (C=O) groups is 5.